The van der Waals surface area contributed by atoms with Crippen LogP contribution in [0.5, 0.6) is 0 Å². The minimum absolute atomic E-state index is 0. The van der Waals surface area contributed by atoms with E-state index in [0.29, 0.717) is 22.8 Å². The Morgan fingerprint density at radius 3 is 2.26 bits per heavy atom. The maximum atomic E-state index is 13.3. The number of amides is 1. The molecule has 9 heteroatoms. The summed E-state index contributed by atoms with van der Waals surface area (Å²) in [6.07, 6.45) is 1.19. The van der Waals surface area contributed by atoms with Gasteiger partial charge in [0.05, 0.1) is 15.1 Å². The van der Waals surface area contributed by atoms with Crippen LogP contribution in [0.15, 0.2) is 47.4 Å². The lowest BCUT2D eigenvalue weighted by Crippen LogP contribution is -2.38. The van der Waals surface area contributed by atoms with Crippen molar-refractivity contribution in [2.24, 2.45) is 0 Å². The van der Waals surface area contributed by atoms with Crippen LogP contribution in [-0.4, -0.2) is 56.6 Å². The van der Waals surface area contributed by atoms with Gasteiger partial charge < -0.3 is 4.90 Å². The molecule has 168 valence electrons. The maximum Gasteiger partial charge on any atom is 0.260 e. The normalized spacial score (nSPS) is 11.5. The van der Waals surface area contributed by atoms with Gasteiger partial charge in [-0.3, -0.25) is 9.69 Å². The molecule has 3 rings (SSSR count). The van der Waals surface area contributed by atoms with Gasteiger partial charge in [0.25, 0.3) is 5.91 Å². The van der Waals surface area contributed by atoms with Crippen molar-refractivity contribution in [3.05, 3.63) is 53.6 Å². The first-order valence-electron chi connectivity index (χ1n) is 9.94. The number of carbonyl (C=O) groups excluding carboxylic acids is 1. The summed E-state index contributed by atoms with van der Waals surface area (Å²) in [5, 5.41) is 0.577. The van der Waals surface area contributed by atoms with Crippen molar-refractivity contribution in [3.8, 4) is 0 Å². The summed E-state index contributed by atoms with van der Waals surface area (Å²) in [7, 11) is -3.31. The van der Waals surface area contributed by atoms with Gasteiger partial charge in [-0.15, -0.1) is 12.4 Å². The van der Waals surface area contributed by atoms with Crippen LogP contribution in [0.25, 0.3) is 10.2 Å². The molecule has 1 heterocycles. The first-order valence-corrected chi connectivity index (χ1v) is 12.6. The molecule has 0 aliphatic heterocycles. The van der Waals surface area contributed by atoms with E-state index in [0.717, 1.165) is 29.9 Å². The van der Waals surface area contributed by atoms with Crippen LogP contribution in [-0.2, 0) is 9.84 Å². The van der Waals surface area contributed by atoms with Crippen molar-refractivity contribution in [1.82, 2.24) is 9.88 Å². The van der Waals surface area contributed by atoms with Crippen LogP contribution in [0.2, 0.25) is 0 Å². The number of fused-ring (bicyclic) bond motifs is 1. The van der Waals surface area contributed by atoms with Crippen molar-refractivity contribution in [2.45, 2.75) is 25.7 Å². The fraction of sp³-hybridized carbons (Fsp3) is 0.364. The van der Waals surface area contributed by atoms with E-state index in [9.17, 15) is 13.2 Å². The van der Waals surface area contributed by atoms with Gasteiger partial charge in [-0.2, -0.15) is 0 Å². The summed E-state index contributed by atoms with van der Waals surface area (Å²) < 4.78 is 24.5. The van der Waals surface area contributed by atoms with Crippen molar-refractivity contribution in [2.75, 3.05) is 37.3 Å². The predicted octanol–water partition coefficient (Wildman–Crippen LogP) is 4.42. The number of hydrogen-bond donors (Lipinski definition) is 0. The number of benzene rings is 2. The smallest absolute Gasteiger partial charge is 0.260 e. The predicted molar refractivity (Wildman–Crippen MR) is 131 cm³/mol. The molecule has 0 bridgehead atoms. The van der Waals surface area contributed by atoms with Crippen LogP contribution in [0.1, 0.15) is 29.8 Å². The summed E-state index contributed by atoms with van der Waals surface area (Å²) in [6.45, 7) is 9.23. The molecule has 0 spiro atoms. The Bertz CT molecular complexity index is 1140. The molecule has 0 fully saturated rings. The lowest BCUT2D eigenvalue weighted by atomic mass is 10.1. The second-order valence-corrected chi connectivity index (χ2v) is 10.3. The molecule has 0 aliphatic carbocycles. The van der Waals surface area contributed by atoms with Crippen LogP contribution in [0, 0.1) is 6.92 Å². The summed E-state index contributed by atoms with van der Waals surface area (Å²) >= 11 is 1.34. The molecule has 0 radical (unpaired) electrons. The Morgan fingerprint density at radius 1 is 1.03 bits per heavy atom. The monoisotopic (exact) mass is 481 g/mol. The standard InChI is InChI=1S/C22H27N3O3S2.ClH/c1-5-24(6-2)13-14-25(21(26)17-9-7-16(3)8-10-17)22-23-19-12-11-18(30(4,27)28)15-20(19)29-22;/h7-12,15H,5-6,13-14H2,1-4H3;1H. The number of aromatic nitrogens is 1. The van der Waals surface area contributed by atoms with Gasteiger partial charge in [0.1, 0.15) is 0 Å². The second-order valence-electron chi connectivity index (χ2n) is 7.25. The Morgan fingerprint density at radius 2 is 1.68 bits per heavy atom. The van der Waals surface area contributed by atoms with E-state index in [1.54, 1.807) is 23.1 Å². The van der Waals surface area contributed by atoms with Gasteiger partial charge >= 0.3 is 0 Å². The Kier molecular flexibility index (Phi) is 8.59. The fourth-order valence-corrected chi connectivity index (χ4v) is 4.91. The zero-order valence-electron chi connectivity index (χ0n) is 18.2. The number of hydrogen-bond acceptors (Lipinski definition) is 6. The molecule has 3 aromatic rings. The van der Waals surface area contributed by atoms with Crippen molar-refractivity contribution in [1.29, 1.82) is 0 Å². The molecule has 0 unspecified atom stereocenters. The number of halogens is 1. The Labute approximate surface area is 194 Å². The molecule has 0 saturated carbocycles. The van der Waals surface area contributed by atoms with E-state index in [1.807, 2.05) is 31.2 Å². The summed E-state index contributed by atoms with van der Waals surface area (Å²) in [5.41, 5.74) is 2.39. The number of anilines is 1. The lowest BCUT2D eigenvalue weighted by molar-refractivity contribution is 0.0983. The number of carbonyl (C=O) groups is 1. The van der Waals surface area contributed by atoms with Crippen LogP contribution >= 0.6 is 23.7 Å². The minimum atomic E-state index is -3.31. The van der Waals surface area contributed by atoms with E-state index in [2.05, 4.69) is 23.7 Å². The van der Waals surface area contributed by atoms with Gasteiger partial charge in [0.15, 0.2) is 15.0 Å². The molecule has 6 nitrogen and oxygen atoms in total. The number of sulfone groups is 1. The molecular weight excluding hydrogens is 454 g/mol. The third kappa shape index (κ3) is 6.04. The Balaban J connectivity index is 0.00000341. The maximum absolute atomic E-state index is 13.3. The molecule has 1 aromatic heterocycles. The second kappa shape index (κ2) is 10.5. The number of likely N-dealkylation sites (N-methyl/N-ethyl adjacent to an activating group) is 1. The van der Waals surface area contributed by atoms with Crippen molar-refractivity contribution in [3.63, 3.8) is 0 Å². The first kappa shape index (κ1) is 25.3. The highest BCUT2D eigenvalue weighted by Crippen LogP contribution is 2.31. The van der Waals surface area contributed by atoms with E-state index < -0.39 is 9.84 Å². The summed E-state index contributed by atoms with van der Waals surface area (Å²) in [6, 6.07) is 12.4. The number of nitrogens with zero attached hydrogens (tertiary/aromatic N) is 3. The SMILES string of the molecule is CCN(CC)CCN(C(=O)c1ccc(C)cc1)c1nc2ccc(S(C)(=O)=O)cc2s1.Cl. The van der Waals surface area contributed by atoms with Gasteiger partial charge in [-0.1, -0.05) is 42.9 Å². The molecule has 0 saturated heterocycles. The third-order valence-corrected chi connectivity index (χ3v) is 7.24. The van der Waals surface area contributed by atoms with E-state index >= 15 is 0 Å². The minimum Gasteiger partial charge on any atom is -0.302 e. The van der Waals surface area contributed by atoms with Gasteiger partial charge in [-0.25, -0.2) is 13.4 Å². The van der Waals surface area contributed by atoms with E-state index in [1.165, 1.54) is 17.6 Å². The molecule has 1 amide bonds. The molecule has 0 N–H and O–H groups in total. The highest BCUT2D eigenvalue weighted by Gasteiger charge is 2.22. The number of aryl methyl sites for hydroxylation is 1. The van der Waals surface area contributed by atoms with Crippen LogP contribution in [0.4, 0.5) is 5.13 Å². The summed E-state index contributed by atoms with van der Waals surface area (Å²) in [4.78, 5) is 22.2. The molecule has 2 aromatic carbocycles. The zero-order chi connectivity index (χ0) is 21.9. The molecule has 31 heavy (non-hydrogen) atoms. The number of rotatable bonds is 8. The van der Waals surface area contributed by atoms with E-state index in [4.69, 9.17) is 0 Å². The van der Waals surface area contributed by atoms with Gasteiger partial charge in [0, 0.05) is 24.9 Å². The Hall–Kier alpha value is -2.00. The molecule has 0 aliphatic rings. The topological polar surface area (TPSA) is 70.6 Å². The average molecular weight is 482 g/mol. The van der Waals surface area contributed by atoms with Crippen molar-refractivity contribution < 1.29 is 13.2 Å². The fourth-order valence-electron chi connectivity index (χ4n) is 3.16. The highest BCUT2D eigenvalue weighted by atomic mass is 35.5. The highest BCUT2D eigenvalue weighted by molar-refractivity contribution is 7.90. The first-order chi connectivity index (χ1) is 14.2. The van der Waals surface area contributed by atoms with E-state index in [-0.39, 0.29) is 23.2 Å². The third-order valence-electron chi connectivity index (χ3n) is 5.09. The van der Waals surface area contributed by atoms with Crippen LogP contribution < -0.4 is 4.90 Å². The van der Waals surface area contributed by atoms with Gasteiger partial charge in [0.2, 0.25) is 0 Å². The summed E-state index contributed by atoms with van der Waals surface area (Å²) in [5.74, 6) is -0.107. The number of thiazole rings is 1. The largest absolute Gasteiger partial charge is 0.302 e. The molecular formula is C22H28ClN3O3S2. The van der Waals surface area contributed by atoms with Gasteiger partial charge in [-0.05, 0) is 50.3 Å². The van der Waals surface area contributed by atoms with Crippen LogP contribution in [0.3, 0.4) is 0 Å². The quantitative estimate of drug-likeness (QED) is 0.476. The average Bonchev–Trinajstić information content (AvgIpc) is 3.13. The van der Waals surface area contributed by atoms with Crippen molar-refractivity contribution >= 4 is 54.8 Å². The zero-order valence-corrected chi connectivity index (χ0v) is 20.6. The lowest BCUT2D eigenvalue weighted by Gasteiger charge is -2.24. The molecule has 0 atom stereocenters.